The predicted octanol–water partition coefficient (Wildman–Crippen LogP) is 2.92. The van der Waals surface area contributed by atoms with E-state index in [2.05, 4.69) is 0 Å². The lowest BCUT2D eigenvalue weighted by Crippen LogP contribution is -2.49. The number of morpholine rings is 1. The van der Waals surface area contributed by atoms with Crippen LogP contribution in [0.1, 0.15) is 30.4 Å². The van der Waals surface area contributed by atoms with Crippen molar-refractivity contribution in [3.05, 3.63) is 29.3 Å². The van der Waals surface area contributed by atoms with E-state index in [9.17, 15) is 13.2 Å². The Morgan fingerprint density at radius 2 is 2.10 bits per heavy atom. The minimum absolute atomic E-state index is 0.0589. The molecule has 0 aromatic heterocycles. The lowest BCUT2D eigenvalue weighted by molar-refractivity contribution is -0.137. The minimum Gasteiger partial charge on any atom is -0.374 e. The molecule has 1 aromatic rings. The standard InChI is InChI=1S/C15H19F3N2O/c16-15(17,18)11-8-10(9-19)4-5-12(11)20-6-7-21-14-3-1-2-13(14)20/h4-5,8,13-14H,1-3,6-7,9,19H2. The van der Waals surface area contributed by atoms with Crippen molar-refractivity contribution in [2.24, 2.45) is 5.73 Å². The summed E-state index contributed by atoms with van der Waals surface area (Å²) in [6.45, 7) is 1.10. The summed E-state index contributed by atoms with van der Waals surface area (Å²) < 4.78 is 45.8. The van der Waals surface area contributed by atoms with Gasteiger partial charge in [-0.2, -0.15) is 13.2 Å². The third kappa shape index (κ3) is 2.74. The van der Waals surface area contributed by atoms with Crippen LogP contribution in [-0.2, 0) is 17.5 Å². The second-order valence-corrected chi connectivity index (χ2v) is 5.65. The highest BCUT2D eigenvalue weighted by Gasteiger charge is 2.41. The molecule has 0 radical (unpaired) electrons. The molecule has 2 unspecified atom stereocenters. The van der Waals surface area contributed by atoms with E-state index in [4.69, 9.17) is 10.5 Å². The van der Waals surface area contributed by atoms with Crippen LogP contribution in [0.3, 0.4) is 0 Å². The fraction of sp³-hybridized carbons (Fsp3) is 0.600. The summed E-state index contributed by atoms with van der Waals surface area (Å²) in [7, 11) is 0. The van der Waals surface area contributed by atoms with Crippen molar-refractivity contribution in [1.82, 2.24) is 0 Å². The van der Waals surface area contributed by atoms with Gasteiger partial charge in [0, 0.05) is 18.8 Å². The molecule has 1 heterocycles. The van der Waals surface area contributed by atoms with Crippen LogP contribution in [0.4, 0.5) is 18.9 Å². The average Bonchev–Trinajstić information content (AvgIpc) is 2.94. The van der Waals surface area contributed by atoms with E-state index in [0.717, 1.165) is 19.3 Å². The molecular formula is C15H19F3N2O. The fourth-order valence-electron chi connectivity index (χ4n) is 3.41. The van der Waals surface area contributed by atoms with Crippen LogP contribution in [0.2, 0.25) is 0 Å². The fourth-order valence-corrected chi connectivity index (χ4v) is 3.41. The van der Waals surface area contributed by atoms with Gasteiger partial charge in [-0.3, -0.25) is 0 Å². The van der Waals surface area contributed by atoms with E-state index in [1.54, 1.807) is 12.1 Å². The van der Waals surface area contributed by atoms with E-state index >= 15 is 0 Å². The number of anilines is 1. The van der Waals surface area contributed by atoms with Gasteiger partial charge in [-0.05, 0) is 37.0 Å². The van der Waals surface area contributed by atoms with Gasteiger partial charge in [-0.15, -0.1) is 0 Å². The number of ether oxygens (including phenoxy) is 1. The van der Waals surface area contributed by atoms with Crippen LogP contribution in [0.15, 0.2) is 18.2 Å². The number of fused-ring (bicyclic) bond motifs is 1. The number of nitrogens with two attached hydrogens (primary N) is 1. The van der Waals surface area contributed by atoms with Gasteiger partial charge in [0.2, 0.25) is 0 Å². The highest BCUT2D eigenvalue weighted by atomic mass is 19.4. The Kier molecular flexibility index (Phi) is 3.84. The van der Waals surface area contributed by atoms with Crippen LogP contribution in [0.5, 0.6) is 0 Å². The Morgan fingerprint density at radius 1 is 1.29 bits per heavy atom. The highest BCUT2D eigenvalue weighted by molar-refractivity contribution is 5.58. The van der Waals surface area contributed by atoms with E-state index < -0.39 is 11.7 Å². The van der Waals surface area contributed by atoms with Crippen LogP contribution in [-0.4, -0.2) is 25.3 Å². The van der Waals surface area contributed by atoms with Gasteiger partial charge in [-0.25, -0.2) is 0 Å². The number of benzene rings is 1. The Balaban J connectivity index is 2.00. The molecule has 0 amide bonds. The SMILES string of the molecule is NCc1ccc(N2CCOC3CCCC32)c(C(F)(F)F)c1. The van der Waals surface area contributed by atoms with Gasteiger partial charge in [0.25, 0.3) is 0 Å². The molecule has 1 aliphatic heterocycles. The molecule has 1 saturated heterocycles. The Labute approximate surface area is 121 Å². The molecule has 3 rings (SSSR count). The highest BCUT2D eigenvalue weighted by Crippen LogP contribution is 2.41. The van der Waals surface area contributed by atoms with Crippen molar-refractivity contribution in [3.8, 4) is 0 Å². The normalized spacial score (nSPS) is 26.0. The number of hydrogen-bond acceptors (Lipinski definition) is 3. The summed E-state index contributed by atoms with van der Waals surface area (Å²) in [5.74, 6) is 0. The first kappa shape index (κ1) is 14.7. The molecule has 2 N–H and O–H groups in total. The number of alkyl halides is 3. The van der Waals surface area contributed by atoms with E-state index in [1.165, 1.54) is 6.07 Å². The van der Waals surface area contributed by atoms with Crippen molar-refractivity contribution in [3.63, 3.8) is 0 Å². The summed E-state index contributed by atoms with van der Waals surface area (Å²) in [6, 6.07) is 4.48. The summed E-state index contributed by atoms with van der Waals surface area (Å²) in [5.41, 5.74) is 5.66. The third-order valence-corrected chi connectivity index (χ3v) is 4.39. The smallest absolute Gasteiger partial charge is 0.374 e. The molecule has 6 heteroatoms. The molecule has 3 nitrogen and oxygen atoms in total. The largest absolute Gasteiger partial charge is 0.418 e. The van der Waals surface area contributed by atoms with Gasteiger partial charge in [0.15, 0.2) is 0 Å². The molecule has 21 heavy (non-hydrogen) atoms. The topological polar surface area (TPSA) is 38.5 Å². The van der Waals surface area contributed by atoms with Crippen LogP contribution in [0.25, 0.3) is 0 Å². The lowest BCUT2D eigenvalue weighted by atomic mass is 10.0. The number of nitrogens with zero attached hydrogens (tertiary/aromatic N) is 1. The molecule has 2 atom stereocenters. The zero-order chi connectivity index (χ0) is 15.0. The van der Waals surface area contributed by atoms with Gasteiger partial charge in [0.1, 0.15) is 0 Å². The summed E-state index contributed by atoms with van der Waals surface area (Å²) in [6.07, 6.45) is -1.47. The van der Waals surface area contributed by atoms with Crippen molar-refractivity contribution in [2.45, 2.75) is 44.1 Å². The quantitative estimate of drug-likeness (QED) is 0.912. The Bertz CT molecular complexity index is 518. The van der Waals surface area contributed by atoms with Crippen LogP contribution >= 0.6 is 0 Å². The molecule has 116 valence electrons. The molecule has 0 bridgehead atoms. The van der Waals surface area contributed by atoms with Crippen molar-refractivity contribution >= 4 is 5.69 Å². The van der Waals surface area contributed by atoms with Crippen molar-refractivity contribution in [1.29, 1.82) is 0 Å². The molecular weight excluding hydrogens is 281 g/mol. The predicted molar refractivity (Wildman–Crippen MR) is 74.1 cm³/mol. The average molecular weight is 300 g/mol. The first-order chi connectivity index (χ1) is 10.0. The molecule has 1 aliphatic carbocycles. The lowest BCUT2D eigenvalue weighted by Gasteiger charge is -2.40. The zero-order valence-electron chi connectivity index (χ0n) is 11.7. The Morgan fingerprint density at radius 3 is 2.81 bits per heavy atom. The molecule has 1 aromatic carbocycles. The minimum atomic E-state index is -4.37. The molecule has 0 spiro atoms. The molecule has 2 fully saturated rings. The summed E-state index contributed by atoms with van der Waals surface area (Å²) in [4.78, 5) is 1.88. The van der Waals surface area contributed by atoms with Crippen molar-refractivity contribution in [2.75, 3.05) is 18.1 Å². The molecule has 1 saturated carbocycles. The van der Waals surface area contributed by atoms with Crippen LogP contribution in [0, 0.1) is 0 Å². The van der Waals surface area contributed by atoms with E-state index in [-0.39, 0.29) is 24.4 Å². The van der Waals surface area contributed by atoms with E-state index in [1.807, 2.05) is 4.90 Å². The van der Waals surface area contributed by atoms with Gasteiger partial charge < -0.3 is 15.4 Å². The second-order valence-electron chi connectivity index (χ2n) is 5.65. The maximum absolute atomic E-state index is 13.4. The van der Waals surface area contributed by atoms with E-state index in [0.29, 0.717) is 18.7 Å². The maximum Gasteiger partial charge on any atom is 0.418 e. The van der Waals surface area contributed by atoms with Crippen molar-refractivity contribution < 1.29 is 17.9 Å². The zero-order valence-corrected chi connectivity index (χ0v) is 11.7. The van der Waals surface area contributed by atoms with Gasteiger partial charge >= 0.3 is 6.18 Å². The van der Waals surface area contributed by atoms with Gasteiger partial charge in [-0.1, -0.05) is 6.07 Å². The maximum atomic E-state index is 13.4. The van der Waals surface area contributed by atoms with Gasteiger partial charge in [0.05, 0.1) is 24.3 Å². The number of rotatable bonds is 2. The first-order valence-corrected chi connectivity index (χ1v) is 7.29. The second kappa shape index (κ2) is 5.50. The first-order valence-electron chi connectivity index (χ1n) is 7.29. The Hall–Kier alpha value is -1.27. The third-order valence-electron chi connectivity index (χ3n) is 4.39. The van der Waals surface area contributed by atoms with Crippen LogP contribution < -0.4 is 10.6 Å². The summed E-state index contributed by atoms with van der Waals surface area (Å²) >= 11 is 0. The number of hydrogen-bond donors (Lipinski definition) is 1. The monoisotopic (exact) mass is 300 g/mol. The summed E-state index contributed by atoms with van der Waals surface area (Å²) in [5, 5.41) is 0. The molecule has 2 aliphatic rings. The number of halogens is 3.